The molecule has 0 atom stereocenters. The van der Waals surface area contributed by atoms with Crippen LogP contribution in [0.15, 0.2) is 18.3 Å². The molecule has 1 aromatic carbocycles. The van der Waals surface area contributed by atoms with Crippen molar-refractivity contribution in [3.63, 3.8) is 0 Å². The number of nitrogens with zero attached hydrogens (tertiary/aromatic N) is 2. The second-order valence-corrected chi connectivity index (χ2v) is 6.35. The number of likely N-dealkylation sites (tertiary alicyclic amines) is 1. The molecule has 3 rings (SSSR count). The highest BCUT2D eigenvalue weighted by atomic mass is 35.5. The van der Waals surface area contributed by atoms with Gasteiger partial charge in [-0.3, -0.25) is 0 Å². The molecule has 0 bridgehead atoms. The van der Waals surface area contributed by atoms with Gasteiger partial charge in [0.2, 0.25) is 0 Å². The van der Waals surface area contributed by atoms with E-state index in [9.17, 15) is 0 Å². The molecule has 0 unspecified atom stereocenters. The second kappa shape index (κ2) is 6.90. The van der Waals surface area contributed by atoms with E-state index >= 15 is 0 Å². The summed E-state index contributed by atoms with van der Waals surface area (Å²) in [5, 5.41) is 1.88. The normalized spacial score (nSPS) is 15.8. The molecule has 0 amide bonds. The smallest absolute Gasteiger partial charge is 0.138 e. The summed E-state index contributed by atoms with van der Waals surface area (Å²) in [7, 11) is 1.66. The van der Waals surface area contributed by atoms with E-state index < -0.39 is 0 Å². The molecule has 1 aliphatic heterocycles. The van der Waals surface area contributed by atoms with Gasteiger partial charge in [0.15, 0.2) is 0 Å². The molecule has 5 heteroatoms. The summed E-state index contributed by atoms with van der Waals surface area (Å²) < 4.78 is 7.59. The summed E-state index contributed by atoms with van der Waals surface area (Å²) in [4.78, 5) is 2.54. The van der Waals surface area contributed by atoms with Crippen molar-refractivity contribution < 1.29 is 4.74 Å². The van der Waals surface area contributed by atoms with E-state index in [1.165, 1.54) is 36.9 Å². The largest absolute Gasteiger partial charge is 0.495 e. The van der Waals surface area contributed by atoms with Gasteiger partial charge >= 0.3 is 0 Å². The van der Waals surface area contributed by atoms with Crippen molar-refractivity contribution in [2.45, 2.75) is 25.8 Å². The van der Waals surface area contributed by atoms with Crippen molar-refractivity contribution in [2.75, 3.05) is 33.3 Å². The van der Waals surface area contributed by atoms with Crippen LogP contribution >= 0.6 is 11.6 Å². The standard InChI is InChI=1S/C17H24ClN3O/c1-22-17-10-14-13(4-8-20-6-2-3-7-20)12-21(9-5-19)16(14)11-15(17)18/h10-12H,2-9,19H2,1H3. The van der Waals surface area contributed by atoms with Crippen molar-refractivity contribution in [1.29, 1.82) is 0 Å². The Labute approximate surface area is 136 Å². The van der Waals surface area contributed by atoms with E-state index in [1.807, 2.05) is 6.07 Å². The molecule has 120 valence electrons. The van der Waals surface area contributed by atoms with E-state index in [0.29, 0.717) is 11.6 Å². The number of hydrogen-bond donors (Lipinski definition) is 1. The van der Waals surface area contributed by atoms with Gasteiger partial charge in [0.05, 0.1) is 17.6 Å². The molecule has 2 N–H and O–H groups in total. The highest BCUT2D eigenvalue weighted by Crippen LogP contribution is 2.33. The molecule has 1 aromatic heterocycles. The minimum atomic E-state index is 0.624. The summed E-state index contributed by atoms with van der Waals surface area (Å²) in [6.45, 7) is 5.02. The fourth-order valence-corrected chi connectivity index (χ4v) is 3.56. The van der Waals surface area contributed by atoms with Crippen LogP contribution in [0, 0.1) is 0 Å². The highest BCUT2D eigenvalue weighted by molar-refractivity contribution is 6.32. The maximum absolute atomic E-state index is 6.29. The Hall–Kier alpha value is -1.23. The first kappa shape index (κ1) is 15.7. The van der Waals surface area contributed by atoms with Gasteiger partial charge in [0.1, 0.15) is 5.75 Å². The Morgan fingerprint density at radius 2 is 2.00 bits per heavy atom. The Morgan fingerprint density at radius 1 is 1.23 bits per heavy atom. The minimum absolute atomic E-state index is 0.624. The monoisotopic (exact) mass is 321 g/mol. The van der Waals surface area contributed by atoms with Gasteiger partial charge < -0.3 is 19.9 Å². The SMILES string of the molecule is COc1cc2c(CCN3CCCC3)cn(CCN)c2cc1Cl. The second-order valence-electron chi connectivity index (χ2n) is 5.94. The summed E-state index contributed by atoms with van der Waals surface area (Å²) in [6.07, 6.45) is 5.94. The predicted octanol–water partition coefficient (Wildman–Crippen LogP) is 2.90. The van der Waals surface area contributed by atoms with Crippen LogP contribution in [0.4, 0.5) is 0 Å². The van der Waals surface area contributed by atoms with Crippen molar-refractivity contribution in [2.24, 2.45) is 5.73 Å². The number of aromatic nitrogens is 1. The number of benzene rings is 1. The lowest BCUT2D eigenvalue weighted by molar-refractivity contribution is 0.344. The van der Waals surface area contributed by atoms with Gasteiger partial charge in [0.25, 0.3) is 0 Å². The van der Waals surface area contributed by atoms with E-state index in [-0.39, 0.29) is 0 Å². The average molecular weight is 322 g/mol. The number of rotatable bonds is 6. The van der Waals surface area contributed by atoms with Crippen LogP contribution in [0.2, 0.25) is 5.02 Å². The molecule has 2 heterocycles. The Kier molecular flexibility index (Phi) is 4.91. The fourth-order valence-electron chi connectivity index (χ4n) is 3.33. The predicted molar refractivity (Wildman–Crippen MR) is 91.9 cm³/mol. The number of methoxy groups -OCH3 is 1. The Morgan fingerprint density at radius 3 is 2.68 bits per heavy atom. The van der Waals surface area contributed by atoms with Crippen molar-refractivity contribution in [1.82, 2.24) is 9.47 Å². The van der Waals surface area contributed by atoms with E-state index in [1.54, 1.807) is 7.11 Å². The summed E-state index contributed by atoms with van der Waals surface area (Å²) in [5.41, 5.74) is 8.24. The molecule has 22 heavy (non-hydrogen) atoms. The van der Waals surface area contributed by atoms with Crippen LogP contribution in [0.5, 0.6) is 5.75 Å². The van der Waals surface area contributed by atoms with Crippen molar-refractivity contribution >= 4 is 22.5 Å². The molecule has 1 aliphatic rings. The third-order valence-electron chi connectivity index (χ3n) is 4.50. The maximum Gasteiger partial charge on any atom is 0.138 e. The summed E-state index contributed by atoms with van der Waals surface area (Å²) >= 11 is 6.29. The molecule has 0 spiro atoms. The van der Waals surface area contributed by atoms with E-state index in [2.05, 4.69) is 21.7 Å². The third-order valence-corrected chi connectivity index (χ3v) is 4.80. The van der Waals surface area contributed by atoms with Crippen LogP contribution < -0.4 is 10.5 Å². The number of nitrogens with two attached hydrogens (primary N) is 1. The molecule has 4 nitrogen and oxygen atoms in total. The van der Waals surface area contributed by atoms with Crippen molar-refractivity contribution in [3.8, 4) is 5.75 Å². The Balaban J connectivity index is 1.92. The summed E-state index contributed by atoms with van der Waals surface area (Å²) in [5.74, 6) is 0.738. The lowest BCUT2D eigenvalue weighted by Crippen LogP contribution is -2.21. The maximum atomic E-state index is 6.29. The zero-order valence-corrected chi connectivity index (χ0v) is 13.9. The zero-order chi connectivity index (χ0) is 15.5. The number of hydrogen-bond acceptors (Lipinski definition) is 3. The molecule has 1 fully saturated rings. The van der Waals surface area contributed by atoms with Crippen LogP contribution in [0.3, 0.4) is 0 Å². The van der Waals surface area contributed by atoms with Gasteiger partial charge in [-0.15, -0.1) is 0 Å². The third kappa shape index (κ3) is 3.09. The lowest BCUT2D eigenvalue weighted by atomic mass is 10.1. The van der Waals surface area contributed by atoms with Crippen LogP contribution in [0.25, 0.3) is 10.9 Å². The van der Waals surface area contributed by atoms with Crippen LogP contribution in [0.1, 0.15) is 18.4 Å². The average Bonchev–Trinajstić information content (AvgIpc) is 3.13. The fraction of sp³-hybridized carbons (Fsp3) is 0.529. The molecule has 2 aromatic rings. The molecule has 0 aliphatic carbocycles. The summed E-state index contributed by atoms with van der Waals surface area (Å²) in [6, 6.07) is 4.05. The van der Waals surface area contributed by atoms with Crippen LogP contribution in [-0.2, 0) is 13.0 Å². The van der Waals surface area contributed by atoms with Gasteiger partial charge in [-0.05, 0) is 50.0 Å². The molecular weight excluding hydrogens is 298 g/mol. The topological polar surface area (TPSA) is 43.4 Å². The van der Waals surface area contributed by atoms with Crippen molar-refractivity contribution in [3.05, 3.63) is 28.9 Å². The number of fused-ring (bicyclic) bond motifs is 1. The van der Waals surface area contributed by atoms with Gasteiger partial charge in [-0.1, -0.05) is 11.6 Å². The van der Waals surface area contributed by atoms with Gasteiger partial charge in [0, 0.05) is 31.2 Å². The molecular formula is C17H24ClN3O. The molecule has 1 saturated heterocycles. The quantitative estimate of drug-likeness (QED) is 0.889. The van der Waals surface area contributed by atoms with Gasteiger partial charge in [-0.2, -0.15) is 0 Å². The Bertz CT molecular complexity index is 647. The molecule has 0 saturated carbocycles. The van der Waals surface area contributed by atoms with Crippen LogP contribution in [-0.4, -0.2) is 42.8 Å². The highest BCUT2D eigenvalue weighted by Gasteiger charge is 2.15. The molecule has 0 radical (unpaired) electrons. The van der Waals surface area contributed by atoms with E-state index in [4.69, 9.17) is 22.1 Å². The number of ether oxygens (including phenoxy) is 1. The first-order valence-corrected chi connectivity index (χ1v) is 8.38. The number of halogens is 1. The van der Waals surface area contributed by atoms with Gasteiger partial charge in [-0.25, -0.2) is 0 Å². The minimum Gasteiger partial charge on any atom is -0.495 e. The van der Waals surface area contributed by atoms with E-state index in [0.717, 1.165) is 30.8 Å². The first-order valence-electron chi connectivity index (χ1n) is 8.00. The zero-order valence-electron chi connectivity index (χ0n) is 13.1. The lowest BCUT2D eigenvalue weighted by Gasteiger charge is -2.13. The first-order chi connectivity index (χ1) is 10.7.